The quantitative estimate of drug-likeness (QED) is 0.214. The molecule has 2 rings (SSSR count). The van der Waals surface area contributed by atoms with E-state index in [1.54, 1.807) is 6.08 Å². The molecule has 11 heteroatoms. The third kappa shape index (κ3) is 4.58. The fraction of sp³-hybridized carbons (Fsp3) is 0.867. The van der Waals surface area contributed by atoms with Crippen molar-refractivity contribution in [2.45, 2.75) is 61.7 Å². The largest absolute Gasteiger partial charge is 0.394 e. The Labute approximate surface area is 150 Å². The van der Waals surface area contributed by atoms with E-state index in [-0.39, 0.29) is 0 Å². The van der Waals surface area contributed by atoms with Crippen LogP contribution >= 0.6 is 0 Å². The molecule has 2 fully saturated rings. The molecule has 2 aliphatic rings. The van der Waals surface area contributed by atoms with Crippen LogP contribution in [0.3, 0.4) is 0 Å². The molecule has 26 heavy (non-hydrogen) atoms. The minimum Gasteiger partial charge on any atom is -0.394 e. The van der Waals surface area contributed by atoms with Crippen LogP contribution in [0.4, 0.5) is 0 Å². The number of hydrogen-bond acceptors (Lipinski definition) is 11. The van der Waals surface area contributed by atoms with Gasteiger partial charge in [-0.3, -0.25) is 0 Å². The van der Waals surface area contributed by atoms with Gasteiger partial charge in [0.2, 0.25) is 5.79 Å². The van der Waals surface area contributed by atoms with Gasteiger partial charge < -0.3 is 55.1 Å². The Morgan fingerprint density at radius 2 is 1.46 bits per heavy atom. The van der Waals surface area contributed by atoms with Crippen LogP contribution in [-0.2, 0) is 14.2 Å². The lowest BCUT2D eigenvalue weighted by molar-refractivity contribution is -0.383. The molecule has 0 bridgehead atoms. The van der Waals surface area contributed by atoms with Gasteiger partial charge in [-0.05, 0) is 6.92 Å². The molecule has 0 radical (unpaired) electrons. The molecule has 0 aliphatic carbocycles. The van der Waals surface area contributed by atoms with Crippen molar-refractivity contribution >= 4 is 0 Å². The molecule has 0 aromatic heterocycles. The average Bonchev–Trinajstić information content (AvgIpc) is 2.88. The molecule has 2 saturated heterocycles. The highest BCUT2D eigenvalue weighted by Crippen LogP contribution is 2.35. The summed E-state index contributed by atoms with van der Waals surface area (Å²) < 4.78 is 15.4. The maximum atomic E-state index is 10.00. The second-order valence-corrected chi connectivity index (χ2v) is 5.97. The van der Waals surface area contributed by atoms with Crippen molar-refractivity contribution in [1.82, 2.24) is 0 Å². The molecule has 0 spiro atoms. The summed E-state index contributed by atoms with van der Waals surface area (Å²) in [6.07, 6.45) is -10.9. The Morgan fingerprint density at radius 1 is 0.923 bits per heavy atom. The summed E-state index contributed by atoms with van der Waals surface area (Å²) in [5, 5.41) is 76.7. The summed E-state index contributed by atoms with van der Waals surface area (Å²) in [7, 11) is 0. The molecular weight excluding hydrogens is 356 g/mol. The van der Waals surface area contributed by atoms with E-state index in [4.69, 9.17) is 24.4 Å². The first-order valence-electron chi connectivity index (χ1n) is 8.04. The summed E-state index contributed by atoms with van der Waals surface area (Å²) in [4.78, 5) is 0. The lowest BCUT2D eigenvalue weighted by Gasteiger charge is -2.43. The maximum Gasteiger partial charge on any atom is 0.224 e. The zero-order valence-corrected chi connectivity index (χ0v) is 14.3. The molecule has 9 atom stereocenters. The average molecular weight is 384 g/mol. The zero-order chi connectivity index (χ0) is 20.1. The molecule has 11 nitrogen and oxygen atoms in total. The van der Waals surface area contributed by atoms with Crippen molar-refractivity contribution in [3.63, 3.8) is 0 Å². The predicted molar refractivity (Wildman–Crippen MR) is 84.5 cm³/mol. The van der Waals surface area contributed by atoms with Crippen molar-refractivity contribution in [2.75, 3.05) is 19.8 Å². The van der Waals surface area contributed by atoms with Gasteiger partial charge in [-0.1, -0.05) is 6.08 Å². The van der Waals surface area contributed by atoms with Gasteiger partial charge in [0, 0.05) is 0 Å². The summed E-state index contributed by atoms with van der Waals surface area (Å²) in [6.45, 7) is 2.93. The van der Waals surface area contributed by atoms with E-state index >= 15 is 0 Å². The van der Waals surface area contributed by atoms with E-state index in [1.807, 2.05) is 6.92 Å². The molecule has 154 valence electrons. The van der Waals surface area contributed by atoms with Gasteiger partial charge in [0.15, 0.2) is 6.29 Å². The van der Waals surface area contributed by atoms with E-state index in [2.05, 4.69) is 6.58 Å². The first-order valence-corrected chi connectivity index (χ1v) is 8.04. The molecule has 0 amide bonds. The van der Waals surface area contributed by atoms with E-state index < -0.39 is 74.6 Å². The van der Waals surface area contributed by atoms with Crippen LogP contribution < -0.4 is 0 Å². The van der Waals surface area contributed by atoms with E-state index in [0.717, 1.165) is 0 Å². The van der Waals surface area contributed by atoms with Crippen LogP contribution in [0.25, 0.3) is 0 Å². The van der Waals surface area contributed by atoms with Gasteiger partial charge >= 0.3 is 0 Å². The van der Waals surface area contributed by atoms with Gasteiger partial charge in [-0.15, -0.1) is 6.58 Å². The number of aliphatic hydroxyl groups excluding tert-OH is 8. The van der Waals surface area contributed by atoms with Crippen LogP contribution in [0, 0.1) is 0 Å². The second-order valence-electron chi connectivity index (χ2n) is 5.97. The summed E-state index contributed by atoms with van der Waals surface area (Å²) in [6, 6.07) is 0. The Hall–Kier alpha value is -0.700. The molecule has 2 aliphatic heterocycles. The number of ether oxygens (including phenoxy) is 3. The normalized spacial score (nSPS) is 45.7. The van der Waals surface area contributed by atoms with Gasteiger partial charge in [0.25, 0.3) is 0 Å². The minimum atomic E-state index is -2.22. The van der Waals surface area contributed by atoms with Gasteiger partial charge in [0.1, 0.15) is 49.3 Å². The van der Waals surface area contributed by atoms with Crippen molar-refractivity contribution in [3.05, 3.63) is 12.7 Å². The van der Waals surface area contributed by atoms with Crippen molar-refractivity contribution < 1.29 is 55.1 Å². The smallest absolute Gasteiger partial charge is 0.224 e. The van der Waals surface area contributed by atoms with Crippen LogP contribution in [0.5, 0.6) is 0 Å². The molecule has 8 N–H and O–H groups in total. The minimum absolute atomic E-state index is 0.669. The number of aliphatic hydroxyl groups is 8. The Balaban J connectivity index is 0.00000105. The van der Waals surface area contributed by atoms with Crippen molar-refractivity contribution in [3.8, 4) is 0 Å². The molecular formula is C15H28O11. The Kier molecular flexibility index (Phi) is 8.99. The van der Waals surface area contributed by atoms with Gasteiger partial charge in [-0.2, -0.15) is 0 Å². The first kappa shape index (κ1) is 23.3. The van der Waals surface area contributed by atoms with Crippen LogP contribution in [0.1, 0.15) is 6.92 Å². The fourth-order valence-electron chi connectivity index (χ4n) is 2.63. The second kappa shape index (κ2) is 10.0. The lowest BCUT2D eigenvalue weighted by Crippen LogP contribution is -2.62. The summed E-state index contributed by atoms with van der Waals surface area (Å²) >= 11 is 0. The van der Waals surface area contributed by atoms with Gasteiger partial charge in [0.05, 0.1) is 13.2 Å². The summed E-state index contributed by atoms with van der Waals surface area (Å²) in [5.74, 6) is -2.22. The lowest BCUT2D eigenvalue weighted by atomic mass is 9.99. The predicted octanol–water partition coefficient (Wildman–Crippen LogP) is -4.20. The number of rotatable bonds is 5. The Morgan fingerprint density at radius 3 is 1.88 bits per heavy atom. The van der Waals surface area contributed by atoms with Crippen LogP contribution in [0.15, 0.2) is 12.7 Å². The molecule has 2 heterocycles. The fourth-order valence-corrected chi connectivity index (χ4v) is 2.63. The molecule has 0 aromatic carbocycles. The first-order chi connectivity index (χ1) is 12.2. The topological polar surface area (TPSA) is 190 Å². The standard InChI is InChI=1S/C12H22O11.C3H6/c13-1-4-6(16)8(18)9(19)11(21-4)23-12(3-15)10(20)7(17)5(2-14)22-12;1-3-2/h4-11,13-20H,1-3H2;3H,1H2,2H3/t4-,5-,6-,7-,8+,9-,10+,11-,12+;/m1./s1. The monoisotopic (exact) mass is 384 g/mol. The molecule has 0 saturated carbocycles. The highest BCUT2D eigenvalue weighted by atomic mass is 16.8. The van der Waals surface area contributed by atoms with Crippen LogP contribution in [0.2, 0.25) is 0 Å². The van der Waals surface area contributed by atoms with E-state index in [9.17, 15) is 30.6 Å². The highest BCUT2D eigenvalue weighted by molar-refractivity contribution is 4.98. The van der Waals surface area contributed by atoms with E-state index in [0.29, 0.717) is 0 Å². The van der Waals surface area contributed by atoms with Crippen molar-refractivity contribution in [1.29, 1.82) is 0 Å². The zero-order valence-electron chi connectivity index (χ0n) is 14.3. The highest BCUT2D eigenvalue weighted by Gasteiger charge is 2.58. The van der Waals surface area contributed by atoms with Gasteiger partial charge in [-0.25, -0.2) is 0 Å². The SMILES string of the molecule is C=CC.OC[C@H]1O[C@@](CO)(O[C@H]2O[C@H](CO)[C@@H](O)[C@H](O)[C@H]2O)[C@@H](O)[C@@H]1O. The third-order valence-electron chi connectivity index (χ3n) is 4.07. The van der Waals surface area contributed by atoms with Crippen molar-refractivity contribution in [2.24, 2.45) is 0 Å². The maximum absolute atomic E-state index is 10.00. The number of allylic oxidation sites excluding steroid dienone is 1. The van der Waals surface area contributed by atoms with Crippen LogP contribution in [-0.4, -0.2) is 115 Å². The third-order valence-corrected chi connectivity index (χ3v) is 4.07. The number of hydrogen-bond donors (Lipinski definition) is 8. The molecule has 0 unspecified atom stereocenters. The van der Waals surface area contributed by atoms with E-state index in [1.165, 1.54) is 0 Å². The Bertz CT molecular complexity index is 434. The molecule has 0 aromatic rings. The summed E-state index contributed by atoms with van der Waals surface area (Å²) in [5.41, 5.74) is 0.